The zero-order valence-electron chi connectivity index (χ0n) is 15.4. The smallest absolute Gasteiger partial charge is 0.335 e. The fourth-order valence-electron chi connectivity index (χ4n) is 3.47. The normalized spacial score (nSPS) is 19.6. The second-order valence-electron chi connectivity index (χ2n) is 6.94. The average molecular weight is 389 g/mol. The molecule has 142 valence electrons. The van der Waals surface area contributed by atoms with Crippen LogP contribution in [0.25, 0.3) is 4.85 Å². The Kier molecular flexibility index (Phi) is 5.86. The molecule has 1 N–H and O–H groups in total. The van der Waals surface area contributed by atoms with Crippen LogP contribution in [-0.4, -0.2) is 12.6 Å². The van der Waals surface area contributed by atoms with Gasteiger partial charge in [0.25, 0.3) is 0 Å². The lowest BCUT2D eigenvalue weighted by Crippen LogP contribution is -2.29. The third-order valence-corrected chi connectivity index (χ3v) is 5.33. The first-order chi connectivity index (χ1) is 13.0. The molecule has 6 heteroatoms. The number of ether oxygens (including phenoxy) is 1. The highest BCUT2D eigenvalue weighted by molar-refractivity contribution is 6.31. The number of hydrogen-bond acceptors (Lipinski definition) is 3. The van der Waals surface area contributed by atoms with Crippen molar-refractivity contribution in [2.24, 2.45) is 5.92 Å². The van der Waals surface area contributed by atoms with Gasteiger partial charge in [0.05, 0.1) is 24.7 Å². The van der Waals surface area contributed by atoms with E-state index in [-0.39, 0.29) is 11.6 Å². The zero-order chi connectivity index (χ0) is 19.6. The van der Waals surface area contributed by atoms with Crippen LogP contribution in [0.3, 0.4) is 0 Å². The number of carbonyl (C=O) groups is 1. The summed E-state index contributed by atoms with van der Waals surface area (Å²) in [6, 6.07) is 4.05. The maximum absolute atomic E-state index is 13.6. The van der Waals surface area contributed by atoms with Crippen molar-refractivity contribution in [2.75, 3.05) is 6.61 Å². The summed E-state index contributed by atoms with van der Waals surface area (Å²) in [5.41, 5.74) is 2.78. The van der Waals surface area contributed by atoms with Gasteiger partial charge in [0.15, 0.2) is 5.70 Å². The van der Waals surface area contributed by atoms with Crippen molar-refractivity contribution in [3.8, 4) is 0 Å². The Bertz CT molecular complexity index is 865. The maximum Gasteiger partial charge on any atom is 0.335 e. The summed E-state index contributed by atoms with van der Waals surface area (Å²) in [6.45, 7) is 11.4. The Hall–Kier alpha value is -2.32. The number of rotatable bonds is 6. The number of nitrogens with one attached hydrogen (secondary N) is 1. The van der Waals surface area contributed by atoms with E-state index in [0.29, 0.717) is 34.9 Å². The second-order valence-corrected chi connectivity index (χ2v) is 7.35. The Morgan fingerprint density at radius 3 is 2.78 bits per heavy atom. The van der Waals surface area contributed by atoms with E-state index in [9.17, 15) is 9.18 Å². The molecule has 27 heavy (non-hydrogen) atoms. The summed E-state index contributed by atoms with van der Waals surface area (Å²) >= 11 is 6.30. The lowest BCUT2D eigenvalue weighted by atomic mass is 9.83. The van der Waals surface area contributed by atoms with Crippen molar-refractivity contribution in [1.29, 1.82) is 0 Å². The van der Waals surface area contributed by atoms with Crippen LogP contribution in [0, 0.1) is 18.3 Å². The molecule has 4 nitrogen and oxygen atoms in total. The molecule has 0 spiro atoms. The topological polar surface area (TPSA) is 42.7 Å². The Morgan fingerprint density at radius 1 is 1.44 bits per heavy atom. The molecule has 0 radical (unpaired) electrons. The molecule has 1 aromatic rings. The highest BCUT2D eigenvalue weighted by Gasteiger charge is 2.37. The molecule has 0 bridgehead atoms. The van der Waals surface area contributed by atoms with Crippen molar-refractivity contribution in [2.45, 2.75) is 45.4 Å². The van der Waals surface area contributed by atoms with Gasteiger partial charge in [-0.3, -0.25) is 0 Å². The lowest BCUT2D eigenvalue weighted by molar-refractivity contribution is -0.138. The predicted octanol–water partition coefficient (Wildman–Crippen LogP) is 5.32. The van der Waals surface area contributed by atoms with Gasteiger partial charge in [-0.2, -0.15) is 0 Å². The van der Waals surface area contributed by atoms with Crippen LogP contribution in [0.15, 0.2) is 40.9 Å². The molecule has 1 aliphatic carbocycles. The van der Waals surface area contributed by atoms with Gasteiger partial charge in [-0.1, -0.05) is 30.5 Å². The third kappa shape index (κ3) is 4.17. The Balaban J connectivity index is 2.12. The molecule has 0 amide bonds. The summed E-state index contributed by atoms with van der Waals surface area (Å²) in [6.07, 6.45) is 4.13. The first-order valence-electron chi connectivity index (χ1n) is 9.16. The van der Waals surface area contributed by atoms with Crippen LogP contribution in [0.1, 0.15) is 51.0 Å². The van der Waals surface area contributed by atoms with Crippen molar-refractivity contribution in [3.63, 3.8) is 0 Å². The van der Waals surface area contributed by atoms with Gasteiger partial charge in [0.2, 0.25) is 0 Å². The van der Waals surface area contributed by atoms with Gasteiger partial charge < -0.3 is 10.1 Å². The highest BCUT2D eigenvalue weighted by Crippen LogP contribution is 2.44. The fourth-order valence-corrected chi connectivity index (χ4v) is 3.75. The predicted molar refractivity (Wildman–Crippen MR) is 102 cm³/mol. The van der Waals surface area contributed by atoms with Gasteiger partial charge in [0, 0.05) is 16.4 Å². The van der Waals surface area contributed by atoms with E-state index in [0.717, 1.165) is 12.1 Å². The minimum atomic E-state index is -0.662. The molecular formula is C21H22ClFN2O2. The molecule has 1 atom stereocenters. The van der Waals surface area contributed by atoms with Gasteiger partial charge in [0.1, 0.15) is 5.82 Å². The molecule has 1 fully saturated rings. The summed E-state index contributed by atoms with van der Waals surface area (Å²) in [5, 5.41) is 3.44. The highest BCUT2D eigenvalue weighted by atomic mass is 35.5. The number of dihydropyridines is 1. The molecule has 0 saturated heterocycles. The zero-order valence-corrected chi connectivity index (χ0v) is 16.2. The van der Waals surface area contributed by atoms with Crippen LogP contribution < -0.4 is 5.32 Å². The molecule has 1 aromatic carbocycles. The second kappa shape index (κ2) is 8.14. The van der Waals surface area contributed by atoms with Gasteiger partial charge in [-0.25, -0.2) is 14.0 Å². The van der Waals surface area contributed by atoms with Crippen LogP contribution in [0.4, 0.5) is 4.39 Å². The molecule has 1 aliphatic heterocycles. The minimum Gasteiger partial charge on any atom is -0.463 e. The van der Waals surface area contributed by atoms with Crippen LogP contribution in [0.2, 0.25) is 5.02 Å². The minimum absolute atomic E-state index is 0.194. The van der Waals surface area contributed by atoms with Crippen molar-refractivity contribution in [3.05, 3.63) is 68.7 Å². The van der Waals surface area contributed by atoms with Crippen LogP contribution in [-0.2, 0) is 9.53 Å². The van der Waals surface area contributed by atoms with Crippen LogP contribution in [0.5, 0.6) is 0 Å². The molecule has 0 aromatic heterocycles. The first-order valence-corrected chi connectivity index (χ1v) is 9.54. The van der Waals surface area contributed by atoms with E-state index in [1.807, 2.05) is 6.92 Å². The standard InChI is InChI=1S/C21H22ClFN2O2/c1-4-27-21(26)19-17(10-7-13-5-6-13)25-12(2)20(24-3)18(19)15-9-8-14(23)11-16(15)22/h8-9,11,13,18,25H,4-7,10H2,1-2H3. The largest absolute Gasteiger partial charge is 0.463 e. The number of halogens is 2. The van der Waals surface area contributed by atoms with Crippen molar-refractivity contribution >= 4 is 17.6 Å². The van der Waals surface area contributed by atoms with E-state index in [4.69, 9.17) is 22.9 Å². The fraction of sp³-hybridized carbons (Fsp3) is 0.429. The van der Waals surface area contributed by atoms with Crippen LogP contribution >= 0.6 is 11.6 Å². The summed E-state index contributed by atoms with van der Waals surface area (Å²) < 4.78 is 18.9. The molecular weight excluding hydrogens is 367 g/mol. The lowest BCUT2D eigenvalue weighted by Gasteiger charge is -2.30. The summed E-state index contributed by atoms with van der Waals surface area (Å²) in [5.74, 6) is -0.888. The molecule has 1 heterocycles. The number of esters is 1. The monoisotopic (exact) mass is 388 g/mol. The van der Waals surface area contributed by atoms with E-state index < -0.39 is 17.7 Å². The van der Waals surface area contributed by atoms with Crippen molar-refractivity contribution in [1.82, 2.24) is 5.32 Å². The SMILES string of the molecule is [C-]#[N+]C1=C(C)NC(CCC2CC2)=C(C(=O)OCC)C1c1ccc(F)cc1Cl. The van der Waals surface area contributed by atoms with Gasteiger partial charge in [-0.05, 0) is 50.3 Å². The Morgan fingerprint density at radius 2 is 2.19 bits per heavy atom. The number of benzene rings is 1. The van der Waals surface area contributed by atoms with Crippen molar-refractivity contribution < 1.29 is 13.9 Å². The van der Waals surface area contributed by atoms with Gasteiger partial charge >= 0.3 is 5.97 Å². The van der Waals surface area contributed by atoms with Gasteiger partial charge in [-0.15, -0.1) is 0 Å². The number of hydrogen-bond donors (Lipinski definition) is 1. The number of carbonyl (C=O) groups excluding carboxylic acids is 1. The Labute approximate surface area is 163 Å². The first kappa shape index (κ1) is 19.4. The van der Waals surface area contributed by atoms with E-state index >= 15 is 0 Å². The quantitative estimate of drug-likeness (QED) is 0.529. The van der Waals surface area contributed by atoms with E-state index in [1.165, 1.54) is 25.0 Å². The van der Waals surface area contributed by atoms with E-state index in [2.05, 4.69) is 10.2 Å². The average Bonchev–Trinajstić information content (AvgIpc) is 3.44. The summed E-state index contributed by atoms with van der Waals surface area (Å²) in [4.78, 5) is 16.5. The molecule has 2 aliphatic rings. The third-order valence-electron chi connectivity index (χ3n) is 5.00. The number of allylic oxidation sites excluding steroid dienone is 3. The van der Waals surface area contributed by atoms with E-state index in [1.54, 1.807) is 13.0 Å². The molecule has 3 rings (SSSR count). The molecule has 1 saturated carbocycles. The summed E-state index contributed by atoms with van der Waals surface area (Å²) in [7, 11) is 0. The maximum atomic E-state index is 13.6. The molecule has 1 unspecified atom stereocenters. The number of nitrogens with zero attached hydrogens (tertiary/aromatic N) is 1.